The highest BCUT2D eigenvalue weighted by molar-refractivity contribution is 7.99. The summed E-state index contributed by atoms with van der Waals surface area (Å²) in [7, 11) is 0. The summed E-state index contributed by atoms with van der Waals surface area (Å²) >= 11 is 1.71. The molecule has 234 valence electrons. The van der Waals surface area contributed by atoms with Crippen LogP contribution >= 0.6 is 11.8 Å². The number of urea groups is 1. The number of carbonyl (C=O) groups is 2. The van der Waals surface area contributed by atoms with E-state index in [4.69, 9.17) is 9.47 Å². The van der Waals surface area contributed by atoms with Crippen molar-refractivity contribution in [3.63, 3.8) is 0 Å². The minimum Gasteiger partial charge on any atom is -0.392 e. The van der Waals surface area contributed by atoms with Gasteiger partial charge < -0.3 is 30.5 Å². The van der Waals surface area contributed by atoms with Crippen LogP contribution in [-0.4, -0.2) is 35.4 Å². The van der Waals surface area contributed by atoms with Crippen molar-refractivity contribution in [1.82, 2.24) is 10.6 Å². The summed E-state index contributed by atoms with van der Waals surface area (Å²) in [6.07, 6.45) is -0.0880. The Balaban J connectivity index is 1.29. The molecule has 4 aromatic rings. The molecular formula is C36H39N3O5S. The zero-order valence-electron chi connectivity index (χ0n) is 25.5. The predicted molar refractivity (Wildman–Crippen MR) is 178 cm³/mol. The van der Waals surface area contributed by atoms with Gasteiger partial charge in [-0.05, 0) is 65.1 Å². The van der Waals surface area contributed by atoms with Gasteiger partial charge in [0.1, 0.15) is 0 Å². The maximum absolute atomic E-state index is 11.8. The Morgan fingerprint density at radius 3 is 2.27 bits per heavy atom. The molecule has 3 amide bonds. The molecule has 0 aliphatic carbocycles. The number of ether oxygens (including phenoxy) is 2. The lowest BCUT2D eigenvalue weighted by Gasteiger charge is -2.36. The SMILES string of the molecule is CCNC(=O)NCc1cccc(-c2ccc([C@H]3O[C@@H](CSc4ccc(NC(C)=O)cc4)C[C@@H](c4ccc(CO)cc4)O3)cc2)c1. The van der Waals surface area contributed by atoms with Crippen LogP contribution in [0.25, 0.3) is 11.1 Å². The maximum atomic E-state index is 11.8. The molecule has 0 aromatic heterocycles. The van der Waals surface area contributed by atoms with E-state index in [0.717, 1.165) is 49.7 Å². The van der Waals surface area contributed by atoms with Crippen LogP contribution in [0.4, 0.5) is 10.5 Å². The third kappa shape index (κ3) is 9.18. The van der Waals surface area contributed by atoms with Gasteiger partial charge in [-0.1, -0.05) is 66.7 Å². The van der Waals surface area contributed by atoms with Gasteiger partial charge in [0, 0.05) is 48.3 Å². The van der Waals surface area contributed by atoms with Crippen LogP contribution in [0.3, 0.4) is 0 Å². The fraction of sp³-hybridized carbons (Fsp3) is 0.278. The molecule has 5 rings (SSSR count). The van der Waals surface area contributed by atoms with Crippen LogP contribution in [0.2, 0.25) is 0 Å². The smallest absolute Gasteiger partial charge is 0.315 e. The van der Waals surface area contributed by atoms with Crippen LogP contribution in [0.1, 0.15) is 54.9 Å². The number of thioether (sulfide) groups is 1. The van der Waals surface area contributed by atoms with E-state index in [1.807, 2.05) is 79.7 Å². The third-order valence-electron chi connectivity index (χ3n) is 7.46. The van der Waals surface area contributed by atoms with Crippen LogP contribution < -0.4 is 16.0 Å². The number of hydrogen-bond acceptors (Lipinski definition) is 6. The van der Waals surface area contributed by atoms with Gasteiger partial charge in [-0.2, -0.15) is 0 Å². The molecule has 9 heteroatoms. The summed E-state index contributed by atoms with van der Waals surface area (Å²) in [6, 6.07) is 31.9. The zero-order chi connectivity index (χ0) is 31.6. The van der Waals surface area contributed by atoms with Gasteiger partial charge in [0.2, 0.25) is 5.91 Å². The Morgan fingerprint density at radius 2 is 1.58 bits per heavy atom. The van der Waals surface area contributed by atoms with Crippen LogP contribution in [0.15, 0.2) is 102 Å². The number of aliphatic hydroxyl groups excluding tert-OH is 1. The highest BCUT2D eigenvalue weighted by Gasteiger charge is 2.32. The number of benzene rings is 4. The lowest BCUT2D eigenvalue weighted by Crippen LogP contribution is -2.34. The Hall–Kier alpha value is -4.15. The fourth-order valence-electron chi connectivity index (χ4n) is 5.15. The molecular weight excluding hydrogens is 586 g/mol. The fourth-order valence-corrected chi connectivity index (χ4v) is 6.07. The monoisotopic (exact) mass is 625 g/mol. The van der Waals surface area contributed by atoms with Crippen molar-refractivity contribution in [1.29, 1.82) is 0 Å². The highest BCUT2D eigenvalue weighted by Crippen LogP contribution is 2.40. The maximum Gasteiger partial charge on any atom is 0.315 e. The van der Waals surface area contributed by atoms with E-state index in [0.29, 0.717) is 19.5 Å². The van der Waals surface area contributed by atoms with Gasteiger partial charge in [0.25, 0.3) is 0 Å². The summed E-state index contributed by atoms with van der Waals surface area (Å²) < 4.78 is 13.0. The normalized spacial score (nSPS) is 17.8. The van der Waals surface area contributed by atoms with E-state index < -0.39 is 6.29 Å². The van der Waals surface area contributed by atoms with E-state index in [-0.39, 0.29) is 30.8 Å². The number of hydrogen-bond donors (Lipinski definition) is 4. The summed E-state index contributed by atoms with van der Waals surface area (Å²) in [4.78, 5) is 24.3. The molecule has 1 saturated heterocycles. The molecule has 1 heterocycles. The van der Waals surface area contributed by atoms with Gasteiger partial charge in [-0.3, -0.25) is 4.79 Å². The van der Waals surface area contributed by atoms with Gasteiger partial charge >= 0.3 is 6.03 Å². The van der Waals surface area contributed by atoms with E-state index in [2.05, 4.69) is 40.2 Å². The Kier molecular flexibility index (Phi) is 11.3. The van der Waals surface area contributed by atoms with Crippen molar-refractivity contribution in [2.24, 2.45) is 0 Å². The Labute approximate surface area is 268 Å². The Bertz CT molecular complexity index is 1560. The first kappa shape index (κ1) is 32.2. The number of anilines is 1. The van der Waals surface area contributed by atoms with Crippen molar-refractivity contribution in [3.05, 3.63) is 119 Å². The summed E-state index contributed by atoms with van der Waals surface area (Å²) in [5, 5.41) is 17.9. The molecule has 3 atom stereocenters. The van der Waals surface area contributed by atoms with E-state index >= 15 is 0 Å². The van der Waals surface area contributed by atoms with Crippen LogP contribution in [0.5, 0.6) is 0 Å². The van der Waals surface area contributed by atoms with Crippen molar-refractivity contribution in [2.75, 3.05) is 17.6 Å². The molecule has 1 aliphatic heterocycles. The Morgan fingerprint density at radius 1 is 0.844 bits per heavy atom. The molecule has 0 spiro atoms. The first-order valence-corrected chi connectivity index (χ1v) is 16.1. The molecule has 4 aromatic carbocycles. The second-order valence-electron chi connectivity index (χ2n) is 10.9. The largest absolute Gasteiger partial charge is 0.392 e. The molecule has 45 heavy (non-hydrogen) atoms. The zero-order valence-corrected chi connectivity index (χ0v) is 26.3. The molecule has 1 fully saturated rings. The minimum atomic E-state index is -0.546. The second kappa shape index (κ2) is 15.7. The lowest BCUT2D eigenvalue weighted by atomic mass is 9.99. The van der Waals surface area contributed by atoms with Gasteiger partial charge in [0.15, 0.2) is 6.29 Å². The molecule has 8 nitrogen and oxygen atoms in total. The number of rotatable bonds is 11. The van der Waals surface area contributed by atoms with Gasteiger partial charge in [-0.15, -0.1) is 11.8 Å². The topological polar surface area (TPSA) is 109 Å². The van der Waals surface area contributed by atoms with Crippen LogP contribution in [-0.2, 0) is 27.4 Å². The predicted octanol–water partition coefficient (Wildman–Crippen LogP) is 6.96. The molecule has 0 bridgehead atoms. The van der Waals surface area contributed by atoms with Crippen molar-refractivity contribution >= 4 is 29.4 Å². The molecule has 0 saturated carbocycles. The molecule has 0 radical (unpaired) electrons. The summed E-state index contributed by atoms with van der Waals surface area (Å²) in [5.74, 6) is 0.641. The first-order valence-electron chi connectivity index (χ1n) is 15.1. The van der Waals surface area contributed by atoms with E-state index in [1.165, 1.54) is 6.92 Å². The molecule has 0 unspecified atom stereocenters. The summed E-state index contributed by atoms with van der Waals surface area (Å²) in [6.45, 7) is 4.41. The number of amides is 3. The van der Waals surface area contributed by atoms with Gasteiger partial charge in [-0.25, -0.2) is 4.79 Å². The first-order chi connectivity index (χ1) is 21.9. The lowest BCUT2D eigenvalue weighted by molar-refractivity contribution is -0.245. The standard InChI is InChI=1S/C36H39N3O5S/c1-3-37-36(42)38-21-26-5-4-6-30(19-26)27-11-13-29(14-12-27)35-43-32(20-34(44-35)28-9-7-25(22-40)8-10-28)23-45-33-17-15-31(16-18-33)39-24(2)41/h4-19,32,34-35,40H,3,20-23H2,1-2H3,(H,39,41)(H2,37,38,42)/t32-,34+,35+/m1/s1. The average Bonchev–Trinajstić information content (AvgIpc) is 3.07. The van der Waals surface area contributed by atoms with Crippen molar-refractivity contribution < 1.29 is 24.2 Å². The number of nitrogens with one attached hydrogen (secondary N) is 3. The number of carbonyl (C=O) groups excluding carboxylic acids is 2. The third-order valence-corrected chi connectivity index (χ3v) is 8.60. The van der Waals surface area contributed by atoms with Crippen LogP contribution in [0, 0.1) is 0 Å². The minimum absolute atomic E-state index is 0.00249. The summed E-state index contributed by atoms with van der Waals surface area (Å²) in [5.41, 5.74) is 6.73. The van der Waals surface area contributed by atoms with E-state index in [1.54, 1.807) is 11.8 Å². The highest BCUT2D eigenvalue weighted by atomic mass is 32.2. The van der Waals surface area contributed by atoms with Crippen molar-refractivity contribution in [2.45, 2.75) is 56.8 Å². The van der Waals surface area contributed by atoms with Gasteiger partial charge in [0.05, 0.1) is 18.8 Å². The number of aliphatic hydroxyl groups is 1. The quantitative estimate of drug-likeness (QED) is 0.134. The second-order valence-corrected chi connectivity index (χ2v) is 12.0. The van der Waals surface area contributed by atoms with E-state index in [9.17, 15) is 14.7 Å². The average molecular weight is 626 g/mol. The molecule has 4 N–H and O–H groups in total. The van der Waals surface area contributed by atoms with Crippen molar-refractivity contribution in [3.8, 4) is 11.1 Å². The molecule has 1 aliphatic rings.